The third-order valence-electron chi connectivity index (χ3n) is 4.47. The maximum absolute atomic E-state index is 12.5. The highest BCUT2D eigenvalue weighted by atomic mass is 35.5. The molecule has 1 aliphatic rings. The van der Waals surface area contributed by atoms with Crippen LogP contribution in [0.15, 0.2) is 29.2 Å². The molecule has 1 aliphatic heterocycles. The molecule has 0 spiro atoms. The van der Waals surface area contributed by atoms with Crippen molar-refractivity contribution in [1.82, 2.24) is 14.5 Å². The molecule has 1 fully saturated rings. The van der Waals surface area contributed by atoms with Crippen molar-refractivity contribution >= 4 is 34.0 Å². The van der Waals surface area contributed by atoms with Crippen LogP contribution in [0, 0.1) is 0 Å². The van der Waals surface area contributed by atoms with E-state index in [1.54, 1.807) is 12.1 Å². The van der Waals surface area contributed by atoms with Crippen LogP contribution >= 0.6 is 12.4 Å². The Bertz CT molecular complexity index is 678. The fourth-order valence-corrected chi connectivity index (χ4v) is 4.38. The summed E-state index contributed by atoms with van der Waals surface area (Å²) < 4.78 is 26.3. The predicted octanol–water partition coefficient (Wildman–Crippen LogP) is 1.37. The average molecular weight is 405 g/mol. The molecule has 0 aliphatic carbocycles. The fraction of sp³-hybridized carbons (Fsp3) is 0.588. The number of anilines is 1. The number of rotatable bonds is 7. The Labute approximate surface area is 162 Å². The Morgan fingerprint density at radius 2 is 1.88 bits per heavy atom. The van der Waals surface area contributed by atoms with Crippen molar-refractivity contribution in [1.29, 1.82) is 0 Å². The molecule has 1 heterocycles. The van der Waals surface area contributed by atoms with Crippen LogP contribution in [0.25, 0.3) is 0 Å². The van der Waals surface area contributed by atoms with Crippen LogP contribution in [0.3, 0.4) is 0 Å². The number of carbonyl (C=O) groups is 1. The minimum absolute atomic E-state index is 0. The lowest BCUT2D eigenvalue weighted by Gasteiger charge is -2.33. The first-order valence-corrected chi connectivity index (χ1v) is 10.2. The summed E-state index contributed by atoms with van der Waals surface area (Å²) in [5.41, 5.74) is 0.603. The highest BCUT2D eigenvalue weighted by Crippen LogP contribution is 2.18. The van der Waals surface area contributed by atoms with E-state index >= 15 is 0 Å². The van der Waals surface area contributed by atoms with E-state index in [0.717, 1.165) is 19.6 Å². The van der Waals surface area contributed by atoms with Crippen LogP contribution in [0.1, 0.15) is 20.8 Å². The average Bonchev–Trinajstić information content (AvgIpc) is 2.58. The molecule has 9 heteroatoms. The Kier molecular flexibility index (Phi) is 8.99. The number of carbonyl (C=O) groups excluding carboxylic acids is 1. The summed E-state index contributed by atoms with van der Waals surface area (Å²) in [4.78, 5) is 14.6. The van der Waals surface area contributed by atoms with E-state index in [2.05, 4.69) is 22.5 Å². The lowest BCUT2D eigenvalue weighted by Crippen LogP contribution is -2.51. The van der Waals surface area contributed by atoms with Gasteiger partial charge in [0.2, 0.25) is 15.9 Å². The molecule has 0 aromatic heterocycles. The maximum Gasteiger partial charge on any atom is 0.243 e. The minimum atomic E-state index is -3.47. The molecule has 0 unspecified atom stereocenters. The topological polar surface area (TPSA) is 81.8 Å². The molecule has 148 valence electrons. The second-order valence-electron chi connectivity index (χ2n) is 6.19. The van der Waals surface area contributed by atoms with Gasteiger partial charge in [0.25, 0.3) is 0 Å². The van der Waals surface area contributed by atoms with E-state index in [1.165, 1.54) is 16.4 Å². The second kappa shape index (κ2) is 10.2. The smallest absolute Gasteiger partial charge is 0.243 e. The molecule has 2 N–H and O–H groups in total. The zero-order valence-electron chi connectivity index (χ0n) is 15.6. The fourth-order valence-electron chi connectivity index (χ4n) is 2.93. The Hall–Kier alpha value is -1.19. The molecule has 1 aromatic rings. The van der Waals surface area contributed by atoms with E-state index in [-0.39, 0.29) is 23.2 Å². The highest BCUT2D eigenvalue weighted by Gasteiger charge is 2.22. The number of halogens is 1. The van der Waals surface area contributed by atoms with Gasteiger partial charge in [0.15, 0.2) is 0 Å². The van der Waals surface area contributed by atoms with Gasteiger partial charge < -0.3 is 10.6 Å². The van der Waals surface area contributed by atoms with Crippen molar-refractivity contribution in [3.63, 3.8) is 0 Å². The SMILES string of the molecule is CCN(CC)S(=O)(=O)c1ccc(NC(=O)CN2CCNC[C@H]2C)cc1.Cl. The van der Waals surface area contributed by atoms with E-state index in [0.29, 0.717) is 31.4 Å². The molecule has 0 bridgehead atoms. The lowest BCUT2D eigenvalue weighted by atomic mass is 10.2. The third-order valence-corrected chi connectivity index (χ3v) is 6.53. The Balaban J connectivity index is 0.00000338. The second-order valence-corrected chi connectivity index (χ2v) is 8.12. The summed E-state index contributed by atoms with van der Waals surface area (Å²) in [6.45, 7) is 9.52. The number of nitrogens with zero attached hydrogens (tertiary/aromatic N) is 2. The molecule has 1 aromatic carbocycles. The third kappa shape index (κ3) is 5.65. The molecule has 7 nitrogen and oxygen atoms in total. The van der Waals surface area contributed by atoms with Crippen LogP contribution in [0.2, 0.25) is 0 Å². The molecular weight excluding hydrogens is 376 g/mol. The first kappa shape index (κ1) is 22.9. The van der Waals surface area contributed by atoms with Crippen molar-refractivity contribution in [3.05, 3.63) is 24.3 Å². The van der Waals surface area contributed by atoms with Crippen LogP contribution in [-0.4, -0.2) is 68.8 Å². The van der Waals surface area contributed by atoms with Crippen LogP contribution in [-0.2, 0) is 14.8 Å². The van der Waals surface area contributed by atoms with Crippen molar-refractivity contribution < 1.29 is 13.2 Å². The van der Waals surface area contributed by atoms with Crippen molar-refractivity contribution in [2.75, 3.05) is 44.6 Å². The van der Waals surface area contributed by atoms with Gasteiger partial charge in [-0.2, -0.15) is 4.31 Å². The van der Waals surface area contributed by atoms with E-state index in [9.17, 15) is 13.2 Å². The molecule has 2 rings (SSSR count). The molecule has 1 amide bonds. The predicted molar refractivity (Wildman–Crippen MR) is 106 cm³/mol. The summed E-state index contributed by atoms with van der Waals surface area (Å²) in [7, 11) is -3.47. The van der Waals surface area contributed by atoms with Gasteiger partial charge >= 0.3 is 0 Å². The number of hydrogen-bond acceptors (Lipinski definition) is 5. The van der Waals surface area contributed by atoms with Crippen LogP contribution in [0.4, 0.5) is 5.69 Å². The summed E-state index contributed by atoms with van der Waals surface area (Å²) >= 11 is 0. The zero-order valence-corrected chi connectivity index (χ0v) is 17.2. The van der Waals surface area contributed by atoms with Crippen LogP contribution < -0.4 is 10.6 Å². The summed E-state index contributed by atoms with van der Waals surface area (Å²) in [5, 5.41) is 6.13. The maximum atomic E-state index is 12.5. The van der Waals surface area contributed by atoms with Gasteiger partial charge in [-0.25, -0.2) is 8.42 Å². The van der Waals surface area contributed by atoms with Gasteiger partial charge in [-0.05, 0) is 31.2 Å². The summed E-state index contributed by atoms with van der Waals surface area (Å²) in [6, 6.07) is 6.67. The molecule has 0 radical (unpaired) electrons. The highest BCUT2D eigenvalue weighted by molar-refractivity contribution is 7.89. The van der Waals surface area contributed by atoms with Crippen molar-refractivity contribution in [2.45, 2.75) is 31.7 Å². The van der Waals surface area contributed by atoms with Gasteiger partial charge in [-0.3, -0.25) is 9.69 Å². The number of piperazine rings is 1. The van der Waals surface area contributed by atoms with E-state index in [1.807, 2.05) is 13.8 Å². The lowest BCUT2D eigenvalue weighted by molar-refractivity contribution is -0.118. The molecule has 1 atom stereocenters. The molecule has 1 saturated heterocycles. The van der Waals surface area contributed by atoms with Crippen molar-refractivity contribution in [2.24, 2.45) is 0 Å². The summed E-state index contributed by atoms with van der Waals surface area (Å²) in [6.07, 6.45) is 0. The number of hydrogen-bond donors (Lipinski definition) is 2. The number of sulfonamides is 1. The largest absolute Gasteiger partial charge is 0.325 e. The Morgan fingerprint density at radius 3 is 2.42 bits per heavy atom. The molecular formula is C17H29ClN4O3S. The number of benzene rings is 1. The number of nitrogens with one attached hydrogen (secondary N) is 2. The van der Waals surface area contributed by atoms with E-state index < -0.39 is 10.0 Å². The quantitative estimate of drug-likeness (QED) is 0.717. The minimum Gasteiger partial charge on any atom is -0.325 e. The monoisotopic (exact) mass is 404 g/mol. The Morgan fingerprint density at radius 1 is 1.27 bits per heavy atom. The normalized spacial score (nSPS) is 18.4. The van der Waals surface area contributed by atoms with Gasteiger partial charge in [0, 0.05) is 44.5 Å². The first-order chi connectivity index (χ1) is 11.9. The zero-order chi connectivity index (χ0) is 18.4. The van der Waals surface area contributed by atoms with E-state index in [4.69, 9.17) is 0 Å². The van der Waals surface area contributed by atoms with Crippen LogP contribution in [0.5, 0.6) is 0 Å². The summed E-state index contributed by atoms with van der Waals surface area (Å²) in [5.74, 6) is -0.0897. The van der Waals surface area contributed by atoms with Gasteiger partial charge in [-0.15, -0.1) is 12.4 Å². The number of amides is 1. The van der Waals surface area contributed by atoms with Crippen molar-refractivity contribution in [3.8, 4) is 0 Å². The van der Waals surface area contributed by atoms with Gasteiger partial charge in [0.1, 0.15) is 0 Å². The standard InChI is InChI=1S/C17H28N4O3S.ClH/c1-4-21(5-2)25(23,24)16-8-6-15(7-9-16)19-17(22)13-20-11-10-18-12-14(20)3;/h6-9,14,18H,4-5,10-13H2,1-3H3,(H,19,22);1H/t14-;/m1./s1. The van der Waals surface area contributed by atoms with Gasteiger partial charge in [0.05, 0.1) is 11.4 Å². The molecule has 0 saturated carbocycles. The van der Waals surface area contributed by atoms with Gasteiger partial charge in [-0.1, -0.05) is 13.8 Å². The molecule has 26 heavy (non-hydrogen) atoms. The first-order valence-electron chi connectivity index (χ1n) is 8.73.